The molecule has 0 aliphatic rings. The van der Waals surface area contributed by atoms with Crippen molar-refractivity contribution in [3.63, 3.8) is 0 Å². The molecule has 0 aromatic heterocycles. The smallest absolute Gasteiger partial charge is 0.413 e. The van der Waals surface area contributed by atoms with E-state index in [1.54, 1.807) is 13.0 Å². The van der Waals surface area contributed by atoms with E-state index in [0.29, 0.717) is 0 Å². The minimum Gasteiger partial charge on any atom is -0.452 e. The van der Waals surface area contributed by atoms with Gasteiger partial charge in [-0.1, -0.05) is 28.1 Å². The van der Waals surface area contributed by atoms with Gasteiger partial charge in [-0.15, -0.1) is 0 Å². The van der Waals surface area contributed by atoms with Crippen LogP contribution in [0.3, 0.4) is 0 Å². The molecule has 0 saturated heterocycles. The van der Waals surface area contributed by atoms with E-state index in [0.717, 1.165) is 10.0 Å². The maximum absolute atomic E-state index is 11.4. The highest BCUT2D eigenvalue weighted by atomic mass is 79.9. The standard InChI is InChI=1S/C14H14BrNO5/c1-2-20-14(19)16-12(17)9-21-13(18)7-6-10-4-3-5-11(15)8-10/h3-8H,2,9H2,1H3,(H,16,17,19)/b7-6+. The van der Waals surface area contributed by atoms with Crippen LogP contribution in [0.15, 0.2) is 34.8 Å². The van der Waals surface area contributed by atoms with Gasteiger partial charge in [-0.3, -0.25) is 10.1 Å². The number of carbonyl (C=O) groups is 3. The van der Waals surface area contributed by atoms with E-state index in [2.05, 4.69) is 25.4 Å². The first kappa shape index (κ1) is 16.9. The Bertz CT molecular complexity index is 556. The van der Waals surface area contributed by atoms with Crippen LogP contribution in [0.4, 0.5) is 4.79 Å². The van der Waals surface area contributed by atoms with Crippen molar-refractivity contribution in [1.82, 2.24) is 5.32 Å². The second-order valence-corrected chi connectivity index (χ2v) is 4.68. The molecule has 0 saturated carbocycles. The van der Waals surface area contributed by atoms with Gasteiger partial charge in [0.2, 0.25) is 0 Å². The van der Waals surface area contributed by atoms with Crippen molar-refractivity contribution in [3.05, 3.63) is 40.4 Å². The third-order valence-electron chi connectivity index (χ3n) is 2.12. The molecule has 0 unspecified atom stereocenters. The summed E-state index contributed by atoms with van der Waals surface area (Å²) in [6.45, 7) is 1.20. The van der Waals surface area contributed by atoms with Crippen LogP contribution in [0, 0.1) is 0 Å². The number of rotatable bonds is 5. The van der Waals surface area contributed by atoms with E-state index in [1.165, 1.54) is 6.08 Å². The van der Waals surface area contributed by atoms with Crippen LogP contribution >= 0.6 is 15.9 Å². The number of nitrogens with one attached hydrogen (secondary N) is 1. The molecular weight excluding hydrogens is 342 g/mol. The number of hydrogen-bond acceptors (Lipinski definition) is 5. The molecule has 1 aromatic rings. The predicted octanol–water partition coefficient (Wildman–Crippen LogP) is 2.28. The zero-order valence-electron chi connectivity index (χ0n) is 11.3. The van der Waals surface area contributed by atoms with E-state index < -0.39 is 24.6 Å². The number of ether oxygens (including phenoxy) is 2. The van der Waals surface area contributed by atoms with E-state index in [-0.39, 0.29) is 6.61 Å². The minimum atomic E-state index is -0.872. The first-order chi connectivity index (χ1) is 10.0. The Morgan fingerprint density at radius 3 is 2.71 bits per heavy atom. The molecule has 1 N–H and O–H groups in total. The molecule has 0 spiro atoms. The summed E-state index contributed by atoms with van der Waals surface area (Å²) in [6, 6.07) is 7.30. The monoisotopic (exact) mass is 355 g/mol. The number of hydrogen-bond donors (Lipinski definition) is 1. The number of halogens is 1. The lowest BCUT2D eigenvalue weighted by molar-refractivity contribution is -0.143. The highest BCUT2D eigenvalue weighted by Crippen LogP contribution is 2.12. The van der Waals surface area contributed by atoms with E-state index in [9.17, 15) is 14.4 Å². The van der Waals surface area contributed by atoms with E-state index in [1.807, 2.05) is 29.6 Å². The molecule has 0 aliphatic heterocycles. The lowest BCUT2D eigenvalue weighted by atomic mass is 10.2. The van der Waals surface area contributed by atoms with Crippen LogP contribution in [0.25, 0.3) is 6.08 Å². The Balaban J connectivity index is 2.37. The van der Waals surface area contributed by atoms with Gasteiger partial charge in [0.15, 0.2) is 6.61 Å². The maximum atomic E-state index is 11.4. The van der Waals surface area contributed by atoms with Crippen molar-refractivity contribution in [2.75, 3.05) is 13.2 Å². The Morgan fingerprint density at radius 2 is 2.05 bits per heavy atom. The van der Waals surface area contributed by atoms with Crippen LogP contribution in [0.1, 0.15) is 12.5 Å². The molecule has 1 aromatic carbocycles. The van der Waals surface area contributed by atoms with Gasteiger partial charge in [0, 0.05) is 10.5 Å². The molecule has 0 radical (unpaired) electrons. The summed E-state index contributed by atoms with van der Waals surface area (Å²) in [6.07, 6.45) is 1.87. The van der Waals surface area contributed by atoms with Crippen molar-refractivity contribution in [1.29, 1.82) is 0 Å². The van der Waals surface area contributed by atoms with Gasteiger partial charge in [0.1, 0.15) is 0 Å². The molecule has 0 aliphatic carbocycles. The fourth-order valence-corrected chi connectivity index (χ4v) is 1.69. The number of carbonyl (C=O) groups excluding carboxylic acids is 3. The van der Waals surface area contributed by atoms with Crippen molar-refractivity contribution in [3.8, 4) is 0 Å². The Kier molecular flexibility index (Phi) is 7.17. The van der Waals surface area contributed by atoms with Crippen LogP contribution in [0.2, 0.25) is 0 Å². The van der Waals surface area contributed by atoms with Crippen molar-refractivity contribution < 1.29 is 23.9 Å². The average Bonchev–Trinajstić information content (AvgIpc) is 2.43. The molecule has 21 heavy (non-hydrogen) atoms. The Hall–Kier alpha value is -2.15. The molecule has 0 bridgehead atoms. The lowest BCUT2D eigenvalue weighted by Crippen LogP contribution is -2.34. The van der Waals surface area contributed by atoms with Gasteiger partial charge in [0.05, 0.1) is 6.61 Å². The summed E-state index contributed by atoms with van der Waals surface area (Å²) >= 11 is 3.31. The Morgan fingerprint density at radius 1 is 1.29 bits per heavy atom. The molecule has 0 fully saturated rings. The first-order valence-corrected chi connectivity index (χ1v) is 6.87. The number of esters is 1. The largest absolute Gasteiger partial charge is 0.452 e. The van der Waals surface area contributed by atoms with Crippen LogP contribution < -0.4 is 5.32 Å². The normalized spacial score (nSPS) is 10.2. The molecule has 2 amide bonds. The molecule has 6 nitrogen and oxygen atoms in total. The third-order valence-corrected chi connectivity index (χ3v) is 2.62. The number of imide groups is 1. The Labute approximate surface area is 130 Å². The average molecular weight is 356 g/mol. The zero-order valence-corrected chi connectivity index (χ0v) is 12.9. The highest BCUT2D eigenvalue weighted by Gasteiger charge is 2.09. The third kappa shape index (κ3) is 7.26. The number of benzene rings is 1. The van der Waals surface area contributed by atoms with Gasteiger partial charge in [-0.05, 0) is 30.7 Å². The van der Waals surface area contributed by atoms with Crippen molar-refractivity contribution in [2.45, 2.75) is 6.92 Å². The molecule has 0 atom stereocenters. The minimum absolute atomic E-state index is 0.147. The summed E-state index contributed by atoms with van der Waals surface area (Å²) in [7, 11) is 0. The maximum Gasteiger partial charge on any atom is 0.413 e. The fourth-order valence-electron chi connectivity index (χ4n) is 1.28. The summed E-state index contributed by atoms with van der Waals surface area (Å²) in [4.78, 5) is 33.6. The van der Waals surface area contributed by atoms with Crippen LogP contribution in [0.5, 0.6) is 0 Å². The molecule has 112 valence electrons. The molecule has 7 heteroatoms. The SMILES string of the molecule is CCOC(=O)NC(=O)COC(=O)/C=C/c1cccc(Br)c1. The number of amides is 2. The van der Waals surface area contributed by atoms with Gasteiger partial charge < -0.3 is 9.47 Å². The van der Waals surface area contributed by atoms with Gasteiger partial charge in [-0.25, -0.2) is 9.59 Å². The summed E-state index contributed by atoms with van der Waals surface area (Å²) in [5.41, 5.74) is 0.803. The summed E-state index contributed by atoms with van der Waals surface area (Å²) in [5, 5.41) is 1.91. The fraction of sp³-hybridized carbons (Fsp3) is 0.214. The van der Waals surface area contributed by atoms with E-state index >= 15 is 0 Å². The summed E-state index contributed by atoms with van der Waals surface area (Å²) < 4.78 is 10.1. The first-order valence-electron chi connectivity index (χ1n) is 6.08. The van der Waals surface area contributed by atoms with Gasteiger partial charge in [0.25, 0.3) is 5.91 Å². The predicted molar refractivity (Wildman–Crippen MR) is 79.3 cm³/mol. The van der Waals surface area contributed by atoms with Crippen molar-refractivity contribution >= 4 is 40.0 Å². The molecule has 0 heterocycles. The lowest BCUT2D eigenvalue weighted by Gasteiger charge is -2.04. The van der Waals surface area contributed by atoms with Gasteiger partial charge >= 0.3 is 12.1 Å². The second-order valence-electron chi connectivity index (χ2n) is 3.76. The van der Waals surface area contributed by atoms with Crippen LogP contribution in [-0.2, 0) is 19.1 Å². The molecular formula is C14H14BrNO5. The van der Waals surface area contributed by atoms with Gasteiger partial charge in [-0.2, -0.15) is 0 Å². The van der Waals surface area contributed by atoms with Crippen LogP contribution in [-0.4, -0.2) is 31.2 Å². The zero-order chi connectivity index (χ0) is 15.7. The summed E-state index contributed by atoms with van der Waals surface area (Å²) in [5.74, 6) is -1.44. The highest BCUT2D eigenvalue weighted by molar-refractivity contribution is 9.10. The molecule has 1 rings (SSSR count). The quantitative estimate of drug-likeness (QED) is 0.647. The van der Waals surface area contributed by atoms with E-state index in [4.69, 9.17) is 0 Å². The van der Waals surface area contributed by atoms with Crippen molar-refractivity contribution in [2.24, 2.45) is 0 Å². The second kappa shape index (κ2) is 8.91. The number of alkyl carbamates (subject to hydrolysis) is 1. The topological polar surface area (TPSA) is 81.7 Å².